The molecule has 0 radical (unpaired) electrons. The molecule has 0 aliphatic heterocycles. The van der Waals surface area contributed by atoms with Gasteiger partial charge in [0.05, 0.1) is 0 Å². The van der Waals surface area contributed by atoms with E-state index < -0.39 is 0 Å². The topological polar surface area (TPSA) is 20.3 Å². The summed E-state index contributed by atoms with van der Waals surface area (Å²) in [5, 5.41) is 0.820. The van der Waals surface area contributed by atoms with Gasteiger partial charge in [0, 0.05) is 17.5 Å². The molecule has 0 aromatic heterocycles. The molecule has 1 aromatic rings. The van der Waals surface area contributed by atoms with Gasteiger partial charge in [0.25, 0.3) is 0 Å². The zero-order chi connectivity index (χ0) is 13.5. The number of halogens is 1. The molecule has 0 saturated carbocycles. The van der Waals surface area contributed by atoms with Crippen molar-refractivity contribution in [3.63, 3.8) is 0 Å². The second-order valence-corrected chi connectivity index (χ2v) is 5.24. The van der Waals surface area contributed by atoms with Crippen molar-refractivity contribution >= 4 is 17.4 Å². The van der Waals surface area contributed by atoms with Crippen LogP contribution in [-0.2, 0) is 4.79 Å². The molecule has 0 saturated heterocycles. The van der Waals surface area contributed by atoms with Crippen LogP contribution < -0.4 is 0 Å². The third kappa shape index (κ3) is 4.79. The van der Waals surface area contributed by atoms with Gasteiger partial charge in [-0.05, 0) is 51.9 Å². The van der Waals surface area contributed by atoms with Gasteiger partial charge in [-0.15, -0.1) is 0 Å². The molecule has 1 atom stereocenters. The summed E-state index contributed by atoms with van der Waals surface area (Å²) in [5.74, 6) is 0.275. The summed E-state index contributed by atoms with van der Waals surface area (Å²) in [4.78, 5) is 13.1. The largest absolute Gasteiger partial charge is 0.300 e. The number of benzene rings is 1. The lowest BCUT2D eigenvalue weighted by Crippen LogP contribution is -2.23. The highest BCUT2D eigenvalue weighted by Crippen LogP contribution is 2.26. The fourth-order valence-corrected chi connectivity index (χ4v) is 2.27. The van der Waals surface area contributed by atoms with Crippen LogP contribution in [0, 0.1) is 0 Å². The minimum Gasteiger partial charge on any atom is -0.300 e. The molecule has 3 heteroatoms. The number of hydrogen-bond acceptors (Lipinski definition) is 2. The molecule has 0 aliphatic rings. The minimum absolute atomic E-state index is 0.275. The molecule has 0 N–H and O–H groups in total. The molecule has 0 bridgehead atoms. The monoisotopic (exact) mass is 267 g/mol. The first-order valence-corrected chi connectivity index (χ1v) is 6.84. The molecular weight excluding hydrogens is 246 g/mol. The van der Waals surface area contributed by atoms with Crippen molar-refractivity contribution in [2.75, 3.05) is 13.6 Å². The highest BCUT2D eigenvalue weighted by Gasteiger charge is 2.13. The summed E-state index contributed by atoms with van der Waals surface area (Å²) in [7, 11) is 2.10. The predicted molar refractivity (Wildman–Crippen MR) is 77.0 cm³/mol. The number of Topliss-reactive ketones (excluding diaryl/α,β-unsaturated/α-hetero) is 1. The van der Waals surface area contributed by atoms with Crippen molar-refractivity contribution in [2.45, 2.75) is 39.2 Å². The van der Waals surface area contributed by atoms with Gasteiger partial charge in [-0.1, -0.05) is 29.8 Å². The Balaban J connectivity index is 2.44. The molecule has 100 valence electrons. The first-order valence-electron chi connectivity index (χ1n) is 6.46. The van der Waals surface area contributed by atoms with Gasteiger partial charge in [0.2, 0.25) is 0 Å². The van der Waals surface area contributed by atoms with Crippen molar-refractivity contribution < 1.29 is 4.79 Å². The number of hydrogen-bond donors (Lipinski definition) is 0. The van der Waals surface area contributed by atoms with Gasteiger partial charge < -0.3 is 4.79 Å². The summed E-state index contributed by atoms with van der Waals surface area (Å²) >= 11 is 6.19. The second-order valence-electron chi connectivity index (χ2n) is 4.84. The second kappa shape index (κ2) is 7.55. The van der Waals surface area contributed by atoms with Gasteiger partial charge >= 0.3 is 0 Å². The third-order valence-electron chi connectivity index (χ3n) is 3.31. The van der Waals surface area contributed by atoms with Gasteiger partial charge in [-0.2, -0.15) is 0 Å². The molecule has 1 unspecified atom stereocenters. The van der Waals surface area contributed by atoms with E-state index >= 15 is 0 Å². The van der Waals surface area contributed by atoms with Crippen LogP contribution in [0.4, 0.5) is 0 Å². The fourth-order valence-electron chi connectivity index (χ4n) is 1.98. The van der Waals surface area contributed by atoms with Crippen LogP contribution in [0.3, 0.4) is 0 Å². The van der Waals surface area contributed by atoms with Crippen molar-refractivity contribution in [3.05, 3.63) is 34.9 Å². The van der Waals surface area contributed by atoms with E-state index in [-0.39, 0.29) is 5.78 Å². The lowest BCUT2D eigenvalue weighted by molar-refractivity contribution is -0.117. The highest BCUT2D eigenvalue weighted by molar-refractivity contribution is 6.31. The normalized spacial score (nSPS) is 12.7. The Morgan fingerprint density at radius 2 is 2.00 bits per heavy atom. The van der Waals surface area contributed by atoms with E-state index in [1.54, 1.807) is 6.92 Å². The Bertz CT molecular complexity index is 392. The van der Waals surface area contributed by atoms with Gasteiger partial charge in [-0.25, -0.2) is 0 Å². The zero-order valence-corrected chi connectivity index (χ0v) is 12.2. The first kappa shape index (κ1) is 15.2. The molecule has 0 spiro atoms. The van der Waals surface area contributed by atoms with Crippen LogP contribution in [0.2, 0.25) is 5.02 Å². The van der Waals surface area contributed by atoms with Crippen LogP contribution >= 0.6 is 11.6 Å². The SMILES string of the molecule is CC(=O)CCCCN(C)C(C)c1ccccc1Cl. The van der Waals surface area contributed by atoms with Crippen molar-refractivity contribution in [3.8, 4) is 0 Å². The summed E-state index contributed by atoms with van der Waals surface area (Å²) in [5.41, 5.74) is 1.16. The van der Waals surface area contributed by atoms with Crippen molar-refractivity contribution in [2.24, 2.45) is 0 Å². The lowest BCUT2D eigenvalue weighted by atomic mass is 10.1. The average molecular weight is 268 g/mol. The Labute approximate surface area is 115 Å². The van der Waals surface area contributed by atoms with Crippen LogP contribution in [-0.4, -0.2) is 24.3 Å². The third-order valence-corrected chi connectivity index (χ3v) is 3.65. The average Bonchev–Trinajstić information content (AvgIpc) is 2.34. The van der Waals surface area contributed by atoms with E-state index in [1.807, 2.05) is 18.2 Å². The minimum atomic E-state index is 0.275. The standard InChI is InChI=1S/C15H22ClNO/c1-12(18)8-6-7-11-17(3)13(2)14-9-4-5-10-15(14)16/h4-5,9-10,13H,6-8,11H2,1-3H3. The van der Waals surface area contributed by atoms with Gasteiger partial charge in [-0.3, -0.25) is 4.90 Å². The quantitative estimate of drug-likeness (QED) is 0.694. The van der Waals surface area contributed by atoms with Gasteiger partial charge in [0.15, 0.2) is 0 Å². The fraction of sp³-hybridized carbons (Fsp3) is 0.533. The van der Waals surface area contributed by atoms with Crippen LogP contribution in [0.1, 0.15) is 44.7 Å². The van der Waals surface area contributed by atoms with Gasteiger partial charge in [0.1, 0.15) is 5.78 Å². The maximum Gasteiger partial charge on any atom is 0.129 e. The Morgan fingerprint density at radius 3 is 2.61 bits per heavy atom. The van der Waals surface area contributed by atoms with E-state index in [4.69, 9.17) is 11.6 Å². The summed E-state index contributed by atoms with van der Waals surface area (Å²) in [6.07, 6.45) is 2.70. The molecular formula is C15H22ClNO. The van der Waals surface area contributed by atoms with Crippen LogP contribution in [0.25, 0.3) is 0 Å². The number of carbonyl (C=O) groups is 1. The van der Waals surface area contributed by atoms with Crippen molar-refractivity contribution in [1.82, 2.24) is 4.90 Å². The Morgan fingerprint density at radius 1 is 1.33 bits per heavy atom. The van der Waals surface area contributed by atoms with E-state index in [9.17, 15) is 4.79 Å². The Kier molecular flexibility index (Phi) is 6.37. The summed E-state index contributed by atoms with van der Waals surface area (Å²) in [6.45, 7) is 4.79. The smallest absolute Gasteiger partial charge is 0.129 e. The maximum absolute atomic E-state index is 10.9. The molecule has 0 fully saturated rings. The lowest BCUT2D eigenvalue weighted by Gasteiger charge is -2.25. The number of nitrogens with zero attached hydrogens (tertiary/aromatic N) is 1. The van der Waals surface area contributed by atoms with Crippen LogP contribution in [0.15, 0.2) is 24.3 Å². The van der Waals surface area contributed by atoms with Crippen LogP contribution in [0.5, 0.6) is 0 Å². The summed E-state index contributed by atoms with van der Waals surface area (Å²) in [6, 6.07) is 8.26. The van der Waals surface area contributed by atoms with E-state index in [0.717, 1.165) is 30.0 Å². The maximum atomic E-state index is 10.9. The molecule has 0 amide bonds. The summed E-state index contributed by atoms with van der Waals surface area (Å²) < 4.78 is 0. The van der Waals surface area contributed by atoms with E-state index in [0.29, 0.717) is 12.5 Å². The molecule has 18 heavy (non-hydrogen) atoms. The number of ketones is 1. The molecule has 0 aliphatic carbocycles. The number of carbonyl (C=O) groups excluding carboxylic acids is 1. The predicted octanol–water partition coefficient (Wildman–Crippen LogP) is 4.09. The van der Waals surface area contributed by atoms with E-state index in [1.165, 1.54) is 0 Å². The Hall–Kier alpha value is -0.860. The molecule has 2 nitrogen and oxygen atoms in total. The van der Waals surface area contributed by atoms with E-state index in [2.05, 4.69) is 24.9 Å². The number of rotatable bonds is 7. The van der Waals surface area contributed by atoms with Crippen molar-refractivity contribution in [1.29, 1.82) is 0 Å². The number of unbranched alkanes of at least 4 members (excludes halogenated alkanes) is 1. The molecule has 0 heterocycles. The highest BCUT2D eigenvalue weighted by atomic mass is 35.5. The first-order chi connectivity index (χ1) is 8.52. The zero-order valence-electron chi connectivity index (χ0n) is 11.4. The molecule has 1 aromatic carbocycles. The molecule has 1 rings (SSSR count).